The van der Waals surface area contributed by atoms with Crippen molar-refractivity contribution in [1.82, 2.24) is 10.3 Å². The number of nitrogens with zero attached hydrogens (tertiary/aromatic N) is 1. The third-order valence-electron chi connectivity index (χ3n) is 3.42. The number of likely N-dealkylation sites (N-methyl/N-ethyl adjacent to an activating group) is 1. The lowest BCUT2D eigenvalue weighted by Crippen LogP contribution is -2.22. The van der Waals surface area contributed by atoms with Crippen LogP contribution >= 0.6 is 0 Å². The first-order valence-electron chi connectivity index (χ1n) is 6.70. The van der Waals surface area contributed by atoms with E-state index in [0.717, 1.165) is 29.8 Å². The lowest BCUT2D eigenvalue weighted by atomic mass is 9.98. The smallest absolute Gasteiger partial charge is 0.126 e. The van der Waals surface area contributed by atoms with E-state index in [1.54, 1.807) is 13.2 Å². The fourth-order valence-electron chi connectivity index (χ4n) is 2.32. The summed E-state index contributed by atoms with van der Waals surface area (Å²) in [4.78, 5) is 4.39. The summed E-state index contributed by atoms with van der Waals surface area (Å²) in [6.45, 7) is 2.05. The van der Waals surface area contributed by atoms with Gasteiger partial charge in [-0.05, 0) is 55.3 Å². The van der Waals surface area contributed by atoms with Gasteiger partial charge in [-0.1, -0.05) is 13.0 Å². The molecule has 20 heavy (non-hydrogen) atoms. The number of benzene rings is 1. The summed E-state index contributed by atoms with van der Waals surface area (Å²) in [5, 5.41) is 3.14. The quantitative estimate of drug-likeness (QED) is 0.905. The minimum absolute atomic E-state index is 0.137. The van der Waals surface area contributed by atoms with E-state index >= 15 is 0 Å². The average molecular weight is 276 g/mol. The van der Waals surface area contributed by atoms with Crippen molar-refractivity contribution in [2.24, 2.45) is 0 Å². The Morgan fingerprint density at radius 2 is 2.00 bits per heavy atom. The Labute approximate surface area is 117 Å². The predicted octanol–water partition coefficient (Wildman–Crippen LogP) is 3.43. The molecule has 1 unspecified atom stereocenters. The van der Waals surface area contributed by atoms with Gasteiger partial charge < -0.3 is 5.32 Å². The third kappa shape index (κ3) is 3.20. The molecular formula is C16H18F2N2. The van der Waals surface area contributed by atoms with Gasteiger partial charge in [-0.2, -0.15) is 0 Å². The van der Waals surface area contributed by atoms with Gasteiger partial charge >= 0.3 is 0 Å². The molecule has 0 bridgehead atoms. The van der Waals surface area contributed by atoms with Gasteiger partial charge in [-0.3, -0.25) is 4.98 Å². The zero-order valence-corrected chi connectivity index (χ0v) is 11.7. The maximum Gasteiger partial charge on any atom is 0.126 e. The molecule has 1 aromatic carbocycles. The number of hydrogen-bond acceptors (Lipinski definition) is 2. The monoisotopic (exact) mass is 276 g/mol. The molecule has 2 nitrogen and oxygen atoms in total. The summed E-state index contributed by atoms with van der Waals surface area (Å²) in [5.74, 6) is -0.811. The maximum atomic E-state index is 13.7. The molecule has 4 heteroatoms. The van der Waals surface area contributed by atoms with Crippen LogP contribution < -0.4 is 5.32 Å². The fraction of sp³-hybridized carbons (Fsp3) is 0.312. The van der Waals surface area contributed by atoms with Crippen LogP contribution in [0.15, 0.2) is 36.5 Å². The van der Waals surface area contributed by atoms with Gasteiger partial charge in [0.05, 0.1) is 11.7 Å². The van der Waals surface area contributed by atoms with Crippen LogP contribution in [0.25, 0.3) is 0 Å². The van der Waals surface area contributed by atoms with Crippen molar-refractivity contribution in [2.75, 3.05) is 7.05 Å². The molecule has 106 valence electrons. The average Bonchev–Trinajstić information content (AvgIpc) is 2.48. The summed E-state index contributed by atoms with van der Waals surface area (Å²) in [6.07, 6.45) is 2.94. The standard InChI is InChI=1S/C16H18F2N2/c1-3-11-5-4-8-20-16(11)15(19-2)10-12-9-13(17)6-7-14(12)18/h4-9,15,19H,3,10H2,1-2H3. The summed E-state index contributed by atoms with van der Waals surface area (Å²) >= 11 is 0. The van der Waals surface area contributed by atoms with Crippen molar-refractivity contribution in [3.63, 3.8) is 0 Å². The normalized spacial score (nSPS) is 12.4. The topological polar surface area (TPSA) is 24.9 Å². The van der Waals surface area contributed by atoms with E-state index in [-0.39, 0.29) is 11.9 Å². The van der Waals surface area contributed by atoms with Crippen LogP contribution in [0.1, 0.15) is 29.8 Å². The molecule has 1 atom stereocenters. The van der Waals surface area contributed by atoms with Gasteiger partial charge in [0, 0.05) is 6.20 Å². The molecule has 1 N–H and O–H groups in total. The van der Waals surface area contributed by atoms with Crippen LogP contribution in [-0.2, 0) is 12.8 Å². The van der Waals surface area contributed by atoms with E-state index in [2.05, 4.69) is 17.2 Å². The van der Waals surface area contributed by atoms with Crippen molar-refractivity contribution in [3.05, 3.63) is 65.0 Å². The van der Waals surface area contributed by atoms with Crippen LogP contribution in [0.4, 0.5) is 8.78 Å². The van der Waals surface area contributed by atoms with E-state index in [9.17, 15) is 8.78 Å². The van der Waals surface area contributed by atoms with E-state index in [1.807, 2.05) is 12.1 Å². The van der Waals surface area contributed by atoms with Crippen LogP contribution in [0.3, 0.4) is 0 Å². The van der Waals surface area contributed by atoms with Crippen molar-refractivity contribution in [3.8, 4) is 0 Å². The first-order chi connectivity index (χ1) is 9.65. The minimum Gasteiger partial charge on any atom is -0.311 e. The Morgan fingerprint density at radius 3 is 2.70 bits per heavy atom. The summed E-state index contributed by atoms with van der Waals surface area (Å²) in [6, 6.07) is 7.30. The SMILES string of the molecule is CCc1cccnc1C(Cc1cc(F)ccc1F)NC. The van der Waals surface area contributed by atoms with Crippen molar-refractivity contribution in [2.45, 2.75) is 25.8 Å². The first kappa shape index (κ1) is 14.6. The van der Waals surface area contributed by atoms with E-state index < -0.39 is 5.82 Å². The Kier molecular flexibility index (Phi) is 4.79. The zero-order chi connectivity index (χ0) is 14.5. The molecule has 2 rings (SSSR count). The van der Waals surface area contributed by atoms with Crippen LogP contribution in [0, 0.1) is 11.6 Å². The summed E-state index contributed by atoms with van der Waals surface area (Å²) < 4.78 is 27.0. The van der Waals surface area contributed by atoms with Gasteiger partial charge in [0.15, 0.2) is 0 Å². The Balaban J connectivity index is 2.31. The molecular weight excluding hydrogens is 258 g/mol. The number of hydrogen-bond donors (Lipinski definition) is 1. The number of nitrogens with one attached hydrogen (secondary N) is 1. The van der Waals surface area contributed by atoms with Crippen molar-refractivity contribution in [1.29, 1.82) is 0 Å². The lowest BCUT2D eigenvalue weighted by Gasteiger charge is -2.19. The number of rotatable bonds is 5. The fourth-order valence-corrected chi connectivity index (χ4v) is 2.32. The van der Waals surface area contributed by atoms with Gasteiger partial charge in [-0.25, -0.2) is 8.78 Å². The number of aromatic nitrogens is 1. The molecule has 0 spiro atoms. The van der Waals surface area contributed by atoms with Gasteiger partial charge in [0.25, 0.3) is 0 Å². The lowest BCUT2D eigenvalue weighted by molar-refractivity contribution is 0.533. The Bertz CT molecular complexity index is 584. The number of aryl methyl sites for hydroxylation is 1. The molecule has 0 aliphatic heterocycles. The molecule has 0 amide bonds. The Hall–Kier alpha value is -1.81. The predicted molar refractivity (Wildman–Crippen MR) is 75.5 cm³/mol. The second-order valence-corrected chi connectivity index (χ2v) is 4.68. The Morgan fingerprint density at radius 1 is 1.20 bits per heavy atom. The molecule has 0 radical (unpaired) electrons. The number of pyridine rings is 1. The van der Waals surface area contributed by atoms with Crippen LogP contribution in [0.5, 0.6) is 0 Å². The zero-order valence-electron chi connectivity index (χ0n) is 11.7. The largest absolute Gasteiger partial charge is 0.311 e. The molecule has 1 heterocycles. The van der Waals surface area contributed by atoms with E-state index in [1.165, 1.54) is 6.07 Å². The summed E-state index contributed by atoms with van der Waals surface area (Å²) in [7, 11) is 1.80. The maximum absolute atomic E-state index is 13.7. The van der Waals surface area contributed by atoms with Crippen LogP contribution in [-0.4, -0.2) is 12.0 Å². The van der Waals surface area contributed by atoms with Gasteiger partial charge in [0.1, 0.15) is 11.6 Å². The third-order valence-corrected chi connectivity index (χ3v) is 3.42. The molecule has 0 aliphatic rings. The van der Waals surface area contributed by atoms with Gasteiger partial charge in [0.2, 0.25) is 0 Å². The highest BCUT2D eigenvalue weighted by atomic mass is 19.1. The summed E-state index contributed by atoms with van der Waals surface area (Å²) in [5.41, 5.74) is 2.36. The molecule has 1 aromatic heterocycles. The molecule has 0 fully saturated rings. The molecule has 0 saturated carbocycles. The first-order valence-corrected chi connectivity index (χ1v) is 6.70. The second-order valence-electron chi connectivity index (χ2n) is 4.68. The highest BCUT2D eigenvalue weighted by Crippen LogP contribution is 2.22. The van der Waals surface area contributed by atoms with Crippen LogP contribution in [0.2, 0.25) is 0 Å². The van der Waals surface area contributed by atoms with E-state index in [4.69, 9.17) is 0 Å². The highest BCUT2D eigenvalue weighted by Gasteiger charge is 2.17. The van der Waals surface area contributed by atoms with Crippen molar-refractivity contribution >= 4 is 0 Å². The van der Waals surface area contributed by atoms with Crippen molar-refractivity contribution < 1.29 is 8.78 Å². The molecule has 2 aromatic rings. The second kappa shape index (κ2) is 6.57. The minimum atomic E-state index is -0.423. The van der Waals surface area contributed by atoms with E-state index in [0.29, 0.717) is 12.0 Å². The molecule has 0 aliphatic carbocycles. The molecule has 0 saturated heterocycles. The highest BCUT2D eigenvalue weighted by molar-refractivity contribution is 5.27. The van der Waals surface area contributed by atoms with Gasteiger partial charge in [-0.15, -0.1) is 0 Å². The number of halogens is 2.